The molecule has 1 aliphatic rings. The van der Waals surface area contributed by atoms with Gasteiger partial charge in [0.1, 0.15) is 6.04 Å². The lowest BCUT2D eigenvalue weighted by Gasteiger charge is -2.32. The summed E-state index contributed by atoms with van der Waals surface area (Å²) >= 11 is 0. The topological polar surface area (TPSA) is 69.6 Å². The molecule has 0 radical (unpaired) electrons. The number of nitrogens with one attached hydrogen (secondary N) is 1. The molecule has 1 aromatic rings. The van der Waals surface area contributed by atoms with E-state index >= 15 is 0 Å². The first-order valence-corrected chi connectivity index (χ1v) is 7.79. The Morgan fingerprint density at radius 3 is 2.64 bits per heavy atom. The van der Waals surface area contributed by atoms with Crippen LogP contribution in [0.2, 0.25) is 0 Å². The van der Waals surface area contributed by atoms with Crippen molar-refractivity contribution in [3.63, 3.8) is 0 Å². The van der Waals surface area contributed by atoms with Crippen molar-refractivity contribution in [3.8, 4) is 0 Å². The fourth-order valence-corrected chi connectivity index (χ4v) is 2.81. The fourth-order valence-electron chi connectivity index (χ4n) is 2.81. The third-order valence-corrected chi connectivity index (χ3v) is 4.30. The molecule has 2 N–H and O–H groups in total. The number of amides is 2. The van der Waals surface area contributed by atoms with Crippen molar-refractivity contribution < 1.29 is 14.7 Å². The van der Waals surface area contributed by atoms with Gasteiger partial charge in [-0.2, -0.15) is 0 Å². The molecule has 0 unspecified atom stereocenters. The lowest BCUT2D eigenvalue weighted by molar-refractivity contribution is -0.128. The molecule has 2 rings (SSSR count). The zero-order valence-corrected chi connectivity index (χ0v) is 13.4. The number of carbonyl (C=O) groups is 2. The summed E-state index contributed by atoms with van der Waals surface area (Å²) in [6.45, 7) is 6.07. The monoisotopic (exact) mass is 304 g/mol. The van der Waals surface area contributed by atoms with E-state index in [1.807, 2.05) is 32.0 Å². The Morgan fingerprint density at radius 1 is 1.36 bits per heavy atom. The van der Waals surface area contributed by atoms with Crippen LogP contribution in [0.1, 0.15) is 43.1 Å². The predicted molar refractivity (Wildman–Crippen MR) is 84.2 cm³/mol. The maximum absolute atomic E-state index is 12.6. The molecular weight excluding hydrogens is 280 g/mol. The molecule has 1 aromatic carbocycles. The van der Waals surface area contributed by atoms with Crippen LogP contribution in [0, 0.1) is 5.92 Å². The Balaban J connectivity index is 2.24. The van der Waals surface area contributed by atoms with Crippen molar-refractivity contribution in [2.24, 2.45) is 5.92 Å². The maximum Gasteiger partial charge on any atom is 0.255 e. The van der Waals surface area contributed by atoms with Gasteiger partial charge in [-0.25, -0.2) is 0 Å². The second-order valence-corrected chi connectivity index (χ2v) is 6.01. The van der Waals surface area contributed by atoms with E-state index in [0.29, 0.717) is 12.1 Å². The van der Waals surface area contributed by atoms with E-state index in [1.165, 1.54) is 0 Å². The standard InChI is InChI=1S/C17H24N2O3/c1-4-11(2)15(16(21)18-12(3)10-20)19-9-13-7-5-6-8-14(13)17(19)22/h5-8,11-12,15,20H,4,9-10H2,1-3H3,(H,18,21)/t11-,12+,15+/m1/s1. The van der Waals surface area contributed by atoms with Crippen LogP contribution in [-0.2, 0) is 11.3 Å². The summed E-state index contributed by atoms with van der Waals surface area (Å²) < 4.78 is 0. The zero-order chi connectivity index (χ0) is 16.3. The second-order valence-electron chi connectivity index (χ2n) is 6.01. The normalized spacial score (nSPS) is 17.8. The molecule has 120 valence electrons. The number of nitrogens with zero attached hydrogens (tertiary/aromatic N) is 1. The van der Waals surface area contributed by atoms with Crippen LogP contribution in [0.25, 0.3) is 0 Å². The molecular formula is C17H24N2O3. The summed E-state index contributed by atoms with van der Waals surface area (Å²) in [7, 11) is 0. The van der Waals surface area contributed by atoms with Crippen LogP contribution in [0.3, 0.4) is 0 Å². The summed E-state index contributed by atoms with van der Waals surface area (Å²) in [6.07, 6.45) is 0.797. The van der Waals surface area contributed by atoms with Gasteiger partial charge in [0.25, 0.3) is 5.91 Å². The van der Waals surface area contributed by atoms with Gasteiger partial charge < -0.3 is 15.3 Å². The van der Waals surface area contributed by atoms with Gasteiger partial charge in [-0.3, -0.25) is 9.59 Å². The van der Waals surface area contributed by atoms with E-state index in [1.54, 1.807) is 17.9 Å². The molecule has 5 heteroatoms. The van der Waals surface area contributed by atoms with E-state index in [-0.39, 0.29) is 30.4 Å². The Kier molecular flexibility index (Phi) is 5.19. The summed E-state index contributed by atoms with van der Waals surface area (Å²) in [4.78, 5) is 26.8. The quantitative estimate of drug-likeness (QED) is 0.838. The number of rotatable bonds is 6. The molecule has 0 bridgehead atoms. The smallest absolute Gasteiger partial charge is 0.255 e. The highest BCUT2D eigenvalue weighted by atomic mass is 16.3. The lowest BCUT2D eigenvalue weighted by atomic mass is 9.96. The summed E-state index contributed by atoms with van der Waals surface area (Å²) in [5.74, 6) is -0.242. The molecule has 1 heterocycles. The fraction of sp³-hybridized carbons (Fsp3) is 0.529. The second kappa shape index (κ2) is 6.92. The minimum absolute atomic E-state index is 0.0455. The SMILES string of the molecule is CC[C@@H](C)[C@@H](C(=O)N[C@@H](C)CO)N1Cc2ccccc2C1=O. The van der Waals surface area contributed by atoms with Crippen molar-refractivity contribution >= 4 is 11.8 Å². The number of aliphatic hydroxyl groups is 1. The van der Waals surface area contributed by atoms with Gasteiger partial charge >= 0.3 is 0 Å². The van der Waals surface area contributed by atoms with Gasteiger partial charge in [-0.1, -0.05) is 38.5 Å². The van der Waals surface area contributed by atoms with Crippen LogP contribution in [0.4, 0.5) is 0 Å². The molecule has 1 aliphatic heterocycles. The van der Waals surface area contributed by atoms with E-state index < -0.39 is 6.04 Å². The molecule has 0 aromatic heterocycles. The van der Waals surface area contributed by atoms with E-state index in [2.05, 4.69) is 5.32 Å². The molecule has 5 nitrogen and oxygen atoms in total. The Hall–Kier alpha value is -1.88. The van der Waals surface area contributed by atoms with Gasteiger partial charge in [-0.05, 0) is 24.5 Å². The van der Waals surface area contributed by atoms with Crippen molar-refractivity contribution in [2.75, 3.05) is 6.61 Å². The van der Waals surface area contributed by atoms with Gasteiger partial charge in [0, 0.05) is 18.2 Å². The van der Waals surface area contributed by atoms with Crippen LogP contribution in [0.5, 0.6) is 0 Å². The molecule has 2 amide bonds. The van der Waals surface area contributed by atoms with Crippen LogP contribution < -0.4 is 5.32 Å². The molecule has 0 fully saturated rings. The average Bonchev–Trinajstić information content (AvgIpc) is 2.84. The first kappa shape index (κ1) is 16.5. The maximum atomic E-state index is 12.6. The highest BCUT2D eigenvalue weighted by Crippen LogP contribution is 2.28. The number of fused-ring (bicyclic) bond motifs is 1. The van der Waals surface area contributed by atoms with Crippen molar-refractivity contribution in [1.29, 1.82) is 0 Å². The zero-order valence-electron chi connectivity index (χ0n) is 13.4. The van der Waals surface area contributed by atoms with Crippen molar-refractivity contribution in [3.05, 3.63) is 35.4 Å². The van der Waals surface area contributed by atoms with Gasteiger partial charge in [0.2, 0.25) is 5.91 Å². The van der Waals surface area contributed by atoms with Crippen molar-refractivity contribution in [1.82, 2.24) is 10.2 Å². The third-order valence-electron chi connectivity index (χ3n) is 4.30. The highest BCUT2D eigenvalue weighted by Gasteiger charge is 2.38. The highest BCUT2D eigenvalue weighted by molar-refractivity contribution is 6.01. The predicted octanol–water partition coefficient (Wildman–Crippen LogP) is 1.55. The summed E-state index contributed by atoms with van der Waals surface area (Å²) in [5.41, 5.74) is 1.64. The number of aliphatic hydroxyl groups excluding tert-OH is 1. The summed E-state index contributed by atoms with van der Waals surface area (Å²) in [6, 6.07) is 6.64. The Morgan fingerprint density at radius 2 is 2.05 bits per heavy atom. The molecule has 22 heavy (non-hydrogen) atoms. The molecule has 0 saturated heterocycles. The third kappa shape index (κ3) is 3.14. The van der Waals surface area contributed by atoms with E-state index in [9.17, 15) is 9.59 Å². The lowest BCUT2D eigenvalue weighted by Crippen LogP contribution is -2.52. The largest absolute Gasteiger partial charge is 0.394 e. The Labute approximate surface area is 131 Å². The minimum Gasteiger partial charge on any atom is -0.394 e. The Bertz CT molecular complexity index is 559. The van der Waals surface area contributed by atoms with Gasteiger partial charge in [-0.15, -0.1) is 0 Å². The van der Waals surface area contributed by atoms with Gasteiger partial charge in [0.15, 0.2) is 0 Å². The molecule has 0 saturated carbocycles. The van der Waals surface area contributed by atoms with Gasteiger partial charge in [0.05, 0.1) is 6.61 Å². The first-order valence-electron chi connectivity index (χ1n) is 7.79. The van der Waals surface area contributed by atoms with Crippen LogP contribution in [-0.4, -0.2) is 40.5 Å². The number of hydrogen-bond acceptors (Lipinski definition) is 3. The number of carbonyl (C=O) groups excluding carboxylic acids is 2. The molecule has 3 atom stereocenters. The average molecular weight is 304 g/mol. The van der Waals surface area contributed by atoms with Crippen LogP contribution in [0.15, 0.2) is 24.3 Å². The van der Waals surface area contributed by atoms with Crippen LogP contribution >= 0.6 is 0 Å². The molecule has 0 spiro atoms. The van der Waals surface area contributed by atoms with Crippen molar-refractivity contribution in [2.45, 2.75) is 45.8 Å². The van der Waals surface area contributed by atoms with E-state index in [0.717, 1.165) is 12.0 Å². The van der Waals surface area contributed by atoms with E-state index in [4.69, 9.17) is 5.11 Å². The summed E-state index contributed by atoms with van der Waals surface area (Å²) in [5, 5.41) is 11.9. The number of hydrogen-bond donors (Lipinski definition) is 2. The first-order chi connectivity index (χ1) is 10.5. The molecule has 0 aliphatic carbocycles. The minimum atomic E-state index is -0.515. The number of benzene rings is 1.